The number of nitrogens with one attached hydrogen (secondary N) is 1. The van der Waals surface area contributed by atoms with Crippen molar-refractivity contribution in [3.8, 4) is 0 Å². The molecule has 0 spiro atoms. The number of aliphatic hydroxyl groups excluding tert-OH is 1. The second-order valence-electron chi connectivity index (χ2n) is 5.15. The fraction of sp³-hybridized carbons (Fsp3) is 0.533. The van der Waals surface area contributed by atoms with Crippen molar-refractivity contribution in [1.29, 1.82) is 0 Å². The Morgan fingerprint density at radius 1 is 1.37 bits per heavy atom. The van der Waals surface area contributed by atoms with E-state index in [0.717, 1.165) is 12.0 Å². The number of carbonyl (C=O) groups excluding carboxylic acids is 1. The standard InChI is InChI=1S/C15H20ClNO2/c16-13-6-1-11(2-7-13)3-8-15(19)17-14(9-10-18)12-4-5-12/h1-2,6-7,12,14,18H,3-5,8-10H2,(H,17,19). The van der Waals surface area contributed by atoms with Crippen molar-refractivity contribution in [2.24, 2.45) is 5.92 Å². The molecule has 2 rings (SSSR count). The first kappa shape index (κ1) is 14.4. The quantitative estimate of drug-likeness (QED) is 0.807. The van der Waals surface area contributed by atoms with E-state index in [4.69, 9.17) is 16.7 Å². The SMILES string of the molecule is O=C(CCc1ccc(Cl)cc1)NC(CCO)C1CC1. The molecule has 3 nitrogen and oxygen atoms in total. The first-order valence-electron chi connectivity index (χ1n) is 6.83. The fourth-order valence-corrected chi connectivity index (χ4v) is 2.38. The van der Waals surface area contributed by atoms with Gasteiger partial charge in [-0.3, -0.25) is 4.79 Å². The first-order valence-corrected chi connectivity index (χ1v) is 7.21. The molecule has 1 aromatic carbocycles. The van der Waals surface area contributed by atoms with Gasteiger partial charge in [0.1, 0.15) is 0 Å². The molecule has 4 heteroatoms. The van der Waals surface area contributed by atoms with Crippen molar-refractivity contribution in [3.05, 3.63) is 34.9 Å². The third kappa shape index (κ3) is 4.84. The van der Waals surface area contributed by atoms with Crippen LogP contribution in [0.4, 0.5) is 0 Å². The predicted molar refractivity (Wildman–Crippen MR) is 76.1 cm³/mol. The fourth-order valence-electron chi connectivity index (χ4n) is 2.25. The number of benzene rings is 1. The maximum absolute atomic E-state index is 11.9. The van der Waals surface area contributed by atoms with Gasteiger partial charge in [-0.15, -0.1) is 0 Å². The average molecular weight is 282 g/mol. The van der Waals surface area contributed by atoms with Crippen LogP contribution in [0.3, 0.4) is 0 Å². The van der Waals surface area contributed by atoms with E-state index >= 15 is 0 Å². The number of hydrogen-bond acceptors (Lipinski definition) is 2. The van der Waals surface area contributed by atoms with Crippen molar-refractivity contribution < 1.29 is 9.90 Å². The highest BCUT2D eigenvalue weighted by molar-refractivity contribution is 6.30. The van der Waals surface area contributed by atoms with Gasteiger partial charge in [-0.1, -0.05) is 23.7 Å². The van der Waals surface area contributed by atoms with E-state index in [-0.39, 0.29) is 18.6 Å². The molecule has 19 heavy (non-hydrogen) atoms. The Kier molecular flexibility index (Phi) is 5.23. The van der Waals surface area contributed by atoms with Crippen LogP contribution in [-0.4, -0.2) is 23.7 Å². The van der Waals surface area contributed by atoms with E-state index in [2.05, 4.69) is 5.32 Å². The van der Waals surface area contributed by atoms with Gasteiger partial charge in [0.25, 0.3) is 0 Å². The highest BCUT2D eigenvalue weighted by Gasteiger charge is 2.31. The summed E-state index contributed by atoms with van der Waals surface area (Å²) in [7, 11) is 0. The van der Waals surface area contributed by atoms with Crippen LogP contribution in [-0.2, 0) is 11.2 Å². The monoisotopic (exact) mass is 281 g/mol. The van der Waals surface area contributed by atoms with E-state index in [9.17, 15) is 4.79 Å². The molecule has 2 N–H and O–H groups in total. The van der Waals surface area contributed by atoms with Crippen molar-refractivity contribution in [2.75, 3.05) is 6.61 Å². The summed E-state index contributed by atoms with van der Waals surface area (Å²) >= 11 is 5.82. The Morgan fingerprint density at radius 3 is 2.63 bits per heavy atom. The van der Waals surface area contributed by atoms with Gasteiger partial charge in [0.2, 0.25) is 5.91 Å². The zero-order valence-corrected chi connectivity index (χ0v) is 11.7. The van der Waals surface area contributed by atoms with Gasteiger partial charge < -0.3 is 10.4 Å². The molecule has 0 saturated heterocycles. The summed E-state index contributed by atoms with van der Waals surface area (Å²) < 4.78 is 0. The van der Waals surface area contributed by atoms with Gasteiger partial charge in [0.15, 0.2) is 0 Å². The van der Waals surface area contributed by atoms with Crippen LogP contribution in [0.25, 0.3) is 0 Å². The van der Waals surface area contributed by atoms with E-state index in [1.54, 1.807) is 0 Å². The van der Waals surface area contributed by atoms with Crippen LogP contribution in [0.15, 0.2) is 24.3 Å². The topological polar surface area (TPSA) is 49.3 Å². The van der Waals surface area contributed by atoms with E-state index in [0.29, 0.717) is 23.8 Å². The highest BCUT2D eigenvalue weighted by atomic mass is 35.5. The van der Waals surface area contributed by atoms with Crippen LogP contribution in [0.2, 0.25) is 5.02 Å². The molecule has 0 heterocycles. The summed E-state index contributed by atoms with van der Waals surface area (Å²) in [6, 6.07) is 7.73. The molecular weight excluding hydrogens is 262 g/mol. The van der Waals surface area contributed by atoms with Gasteiger partial charge in [-0.2, -0.15) is 0 Å². The Morgan fingerprint density at radius 2 is 2.05 bits per heavy atom. The minimum absolute atomic E-state index is 0.0697. The Hall–Kier alpha value is -1.06. The lowest BCUT2D eigenvalue weighted by Gasteiger charge is -2.17. The second-order valence-corrected chi connectivity index (χ2v) is 5.59. The van der Waals surface area contributed by atoms with Crippen LogP contribution in [0, 0.1) is 5.92 Å². The first-order chi connectivity index (χ1) is 9.19. The van der Waals surface area contributed by atoms with Gasteiger partial charge in [0, 0.05) is 24.1 Å². The summed E-state index contributed by atoms with van der Waals surface area (Å²) in [5.74, 6) is 0.645. The molecule has 0 bridgehead atoms. The van der Waals surface area contributed by atoms with Crippen LogP contribution >= 0.6 is 11.6 Å². The summed E-state index contributed by atoms with van der Waals surface area (Å²) in [5, 5.41) is 12.7. The highest BCUT2D eigenvalue weighted by Crippen LogP contribution is 2.33. The number of halogens is 1. The molecular formula is C15H20ClNO2. The molecule has 1 unspecified atom stereocenters. The third-order valence-electron chi connectivity index (χ3n) is 3.53. The minimum Gasteiger partial charge on any atom is -0.396 e. The number of amides is 1. The molecule has 1 aromatic rings. The zero-order chi connectivity index (χ0) is 13.7. The van der Waals surface area contributed by atoms with Crippen molar-refractivity contribution >= 4 is 17.5 Å². The van der Waals surface area contributed by atoms with Crippen LogP contribution in [0.1, 0.15) is 31.2 Å². The van der Waals surface area contributed by atoms with Crippen molar-refractivity contribution in [1.82, 2.24) is 5.32 Å². The summed E-state index contributed by atoms with van der Waals surface area (Å²) in [4.78, 5) is 11.9. The zero-order valence-electron chi connectivity index (χ0n) is 10.9. The van der Waals surface area contributed by atoms with Gasteiger partial charge >= 0.3 is 0 Å². The van der Waals surface area contributed by atoms with E-state index in [1.165, 1.54) is 12.8 Å². The Labute approximate surface area is 119 Å². The molecule has 1 fully saturated rings. The molecule has 0 aromatic heterocycles. The van der Waals surface area contributed by atoms with E-state index < -0.39 is 0 Å². The number of aryl methyl sites for hydroxylation is 1. The number of carbonyl (C=O) groups is 1. The largest absolute Gasteiger partial charge is 0.396 e. The van der Waals surface area contributed by atoms with Crippen LogP contribution in [0.5, 0.6) is 0 Å². The molecule has 1 saturated carbocycles. The normalized spacial score (nSPS) is 16.1. The number of hydrogen-bond donors (Lipinski definition) is 2. The lowest BCUT2D eigenvalue weighted by Crippen LogP contribution is -2.37. The average Bonchev–Trinajstić information content (AvgIpc) is 3.22. The van der Waals surface area contributed by atoms with Gasteiger partial charge in [0.05, 0.1) is 0 Å². The molecule has 0 aliphatic heterocycles. The lowest BCUT2D eigenvalue weighted by molar-refractivity contribution is -0.122. The molecule has 104 valence electrons. The number of rotatable bonds is 7. The Balaban J connectivity index is 1.75. The maximum Gasteiger partial charge on any atom is 0.220 e. The van der Waals surface area contributed by atoms with Crippen molar-refractivity contribution in [2.45, 2.75) is 38.1 Å². The smallest absolute Gasteiger partial charge is 0.220 e. The second kappa shape index (κ2) is 6.92. The minimum atomic E-state index is 0.0697. The lowest BCUT2D eigenvalue weighted by atomic mass is 10.1. The maximum atomic E-state index is 11.9. The Bertz CT molecular complexity index is 415. The van der Waals surface area contributed by atoms with Gasteiger partial charge in [-0.05, 0) is 49.3 Å². The van der Waals surface area contributed by atoms with Crippen LogP contribution < -0.4 is 5.32 Å². The predicted octanol–water partition coefficient (Wildman–Crippen LogP) is 2.55. The molecule has 1 aliphatic rings. The van der Waals surface area contributed by atoms with Crippen molar-refractivity contribution in [3.63, 3.8) is 0 Å². The third-order valence-corrected chi connectivity index (χ3v) is 3.78. The summed E-state index contributed by atoms with van der Waals surface area (Å²) in [6.07, 6.45) is 4.21. The summed E-state index contributed by atoms with van der Waals surface area (Å²) in [5.41, 5.74) is 1.12. The number of aliphatic hydroxyl groups is 1. The van der Waals surface area contributed by atoms with E-state index in [1.807, 2.05) is 24.3 Å². The molecule has 1 amide bonds. The summed E-state index contributed by atoms with van der Waals surface area (Å²) in [6.45, 7) is 0.138. The molecule has 1 aliphatic carbocycles. The van der Waals surface area contributed by atoms with Gasteiger partial charge in [-0.25, -0.2) is 0 Å². The molecule has 0 radical (unpaired) electrons. The molecule has 1 atom stereocenters.